The Morgan fingerprint density at radius 3 is 2.04 bits per heavy atom. The molecule has 2 bridgehead atoms. The molecule has 3 N–H and O–H groups in total. The van der Waals surface area contributed by atoms with Crippen LogP contribution in [-0.2, 0) is 18.9 Å². The van der Waals surface area contributed by atoms with E-state index in [1.165, 1.54) is 12.8 Å². The topological polar surface area (TPSA) is 138 Å². The van der Waals surface area contributed by atoms with E-state index in [2.05, 4.69) is 31.0 Å². The summed E-state index contributed by atoms with van der Waals surface area (Å²) >= 11 is 0. The van der Waals surface area contributed by atoms with E-state index < -0.39 is 0 Å². The molecule has 2 atom stereocenters. The number of nitrogens with one attached hydrogen (secondary N) is 3. The minimum absolute atomic E-state index is 0.268. The second kappa shape index (κ2) is 16.7. The van der Waals surface area contributed by atoms with Gasteiger partial charge in [-0.15, -0.1) is 6.42 Å². The molecule has 4 aliphatic rings. The van der Waals surface area contributed by atoms with Gasteiger partial charge >= 0.3 is 0 Å². The van der Waals surface area contributed by atoms with Crippen molar-refractivity contribution in [1.29, 1.82) is 10.8 Å². The van der Waals surface area contributed by atoms with Crippen LogP contribution < -0.4 is 15.0 Å². The maximum Gasteiger partial charge on any atom is 0.225 e. The Labute approximate surface area is 267 Å². The maximum atomic E-state index is 9.05. The zero-order chi connectivity index (χ0) is 31.5. The van der Waals surface area contributed by atoms with Crippen molar-refractivity contribution in [3.05, 3.63) is 12.4 Å². The summed E-state index contributed by atoms with van der Waals surface area (Å²) in [7, 11) is 0. The first-order valence-corrected chi connectivity index (χ1v) is 16.6. The zero-order valence-electron chi connectivity index (χ0n) is 26.8. The predicted molar refractivity (Wildman–Crippen MR) is 172 cm³/mol. The van der Waals surface area contributed by atoms with Gasteiger partial charge in [-0.25, -0.2) is 9.97 Å². The molecule has 0 radical (unpaired) electrons. The number of anilines is 1. The van der Waals surface area contributed by atoms with E-state index in [1.807, 2.05) is 6.92 Å². The molecule has 1 aliphatic carbocycles. The maximum absolute atomic E-state index is 9.05. The number of rotatable bonds is 17. The molecule has 45 heavy (non-hydrogen) atoms. The number of hydrogen-bond acceptors (Lipinski definition) is 11. The van der Waals surface area contributed by atoms with Crippen molar-refractivity contribution in [1.82, 2.24) is 20.2 Å². The average molecular weight is 626 g/mol. The van der Waals surface area contributed by atoms with Crippen molar-refractivity contribution in [2.24, 2.45) is 11.3 Å². The highest BCUT2D eigenvalue weighted by Crippen LogP contribution is 2.53. The first kappa shape index (κ1) is 33.5. The first-order chi connectivity index (χ1) is 22.0. The molecule has 5 rings (SSSR count). The smallest absolute Gasteiger partial charge is 0.225 e. The Bertz CT molecular complexity index is 1120. The molecule has 1 aromatic rings. The van der Waals surface area contributed by atoms with E-state index in [-0.39, 0.29) is 5.92 Å². The Hall–Kier alpha value is -2.82. The summed E-state index contributed by atoms with van der Waals surface area (Å²) in [6, 6.07) is 1.42. The second-order valence-electron chi connectivity index (χ2n) is 12.9. The number of hydrogen-bond donors (Lipinski definition) is 3. The van der Waals surface area contributed by atoms with Gasteiger partial charge in [0.25, 0.3) is 0 Å². The van der Waals surface area contributed by atoms with Crippen LogP contribution in [0.2, 0.25) is 0 Å². The predicted octanol–water partition coefficient (Wildman–Crippen LogP) is 3.11. The van der Waals surface area contributed by atoms with E-state index >= 15 is 0 Å². The van der Waals surface area contributed by atoms with Crippen molar-refractivity contribution in [3.63, 3.8) is 0 Å². The quantitative estimate of drug-likeness (QED) is 0.102. The largest absolute Gasteiger partial charge is 0.488 e. The third kappa shape index (κ3) is 9.36. The van der Waals surface area contributed by atoms with Crippen LogP contribution in [0.3, 0.4) is 0 Å². The number of terminal acetylenes is 1. The summed E-state index contributed by atoms with van der Waals surface area (Å²) in [6.45, 7) is 7.87. The molecule has 1 saturated carbocycles. The zero-order valence-corrected chi connectivity index (χ0v) is 26.8. The number of amidine groups is 2. The molecule has 0 aromatic carbocycles. The second-order valence-corrected chi connectivity index (χ2v) is 12.9. The van der Waals surface area contributed by atoms with Crippen LogP contribution in [0.4, 0.5) is 5.95 Å². The number of ether oxygens (including phenoxy) is 5. The molecule has 4 heterocycles. The number of nitrogens with zero attached hydrogens (tertiary/aromatic N) is 4. The Morgan fingerprint density at radius 2 is 1.49 bits per heavy atom. The van der Waals surface area contributed by atoms with Crippen molar-refractivity contribution < 1.29 is 23.7 Å². The molecule has 3 aliphatic heterocycles. The molecule has 1 aromatic heterocycles. The van der Waals surface area contributed by atoms with Gasteiger partial charge in [-0.3, -0.25) is 10.8 Å². The van der Waals surface area contributed by atoms with E-state index in [1.54, 1.807) is 12.4 Å². The van der Waals surface area contributed by atoms with Gasteiger partial charge in [0.05, 0.1) is 64.5 Å². The van der Waals surface area contributed by atoms with Gasteiger partial charge in [0.15, 0.2) is 5.75 Å². The van der Waals surface area contributed by atoms with Crippen molar-refractivity contribution in [3.8, 4) is 18.1 Å². The van der Waals surface area contributed by atoms with Gasteiger partial charge < -0.3 is 38.8 Å². The van der Waals surface area contributed by atoms with Crippen LogP contribution in [0.1, 0.15) is 58.3 Å². The van der Waals surface area contributed by atoms with Crippen molar-refractivity contribution in [2.75, 3.05) is 77.5 Å². The highest BCUT2D eigenvalue weighted by Gasteiger charge is 2.49. The summed E-state index contributed by atoms with van der Waals surface area (Å²) in [5, 5.41) is 21.2. The molecular weight excluding hydrogens is 574 g/mol. The Kier molecular flexibility index (Phi) is 12.4. The van der Waals surface area contributed by atoms with Gasteiger partial charge in [0, 0.05) is 37.1 Å². The first-order valence-electron chi connectivity index (χ1n) is 16.6. The molecule has 12 nitrogen and oxygen atoms in total. The summed E-state index contributed by atoms with van der Waals surface area (Å²) < 4.78 is 27.3. The molecule has 2 unspecified atom stereocenters. The lowest BCUT2D eigenvalue weighted by Gasteiger charge is -2.54. The molecule has 0 amide bonds. The fourth-order valence-corrected chi connectivity index (χ4v) is 7.41. The summed E-state index contributed by atoms with van der Waals surface area (Å²) in [5.74, 6) is 5.26. The minimum Gasteiger partial charge on any atom is -0.488 e. The lowest BCUT2D eigenvalue weighted by molar-refractivity contribution is -0.00189. The third-order valence-electron chi connectivity index (χ3n) is 9.70. The van der Waals surface area contributed by atoms with E-state index in [0.717, 1.165) is 57.6 Å². The lowest BCUT2D eigenvalue weighted by Crippen LogP contribution is -2.56. The number of aromatic nitrogens is 2. The molecular formula is C33H51N7O5. The van der Waals surface area contributed by atoms with Gasteiger partial charge in [0.1, 0.15) is 19.0 Å². The summed E-state index contributed by atoms with van der Waals surface area (Å²) in [5.41, 5.74) is 0.308. The van der Waals surface area contributed by atoms with Gasteiger partial charge in [-0.2, -0.15) is 0 Å². The lowest BCUT2D eigenvalue weighted by atomic mass is 9.57. The highest BCUT2D eigenvalue weighted by molar-refractivity contribution is 5.99. The van der Waals surface area contributed by atoms with Gasteiger partial charge in [0.2, 0.25) is 5.95 Å². The monoisotopic (exact) mass is 625 g/mol. The molecule has 3 saturated heterocycles. The van der Waals surface area contributed by atoms with E-state index in [9.17, 15) is 0 Å². The SMILES string of the molecule is C#CCOCCOCCOCCOCCOc1cnc(N2CCC3(CC2)CC(C(=N)N(C(C)=N)C2CC4CCC(C2)N4)C3)nc1. The average Bonchev–Trinajstić information content (AvgIpc) is 3.37. The Morgan fingerprint density at radius 1 is 0.933 bits per heavy atom. The third-order valence-corrected chi connectivity index (χ3v) is 9.70. The minimum atomic E-state index is 0.268. The fourth-order valence-electron chi connectivity index (χ4n) is 7.41. The van der Waals surface area contributed by atoms with Crippen LogP contribution in [0.15, 0.2) is 12.4 Å². The molecule has 12 heteroatoms. The standard InChI is InChI=1S/C33H51N7O5/c1-3-10-41-11-12-42-13-14-43-15-16-44-17-18-45-30-23-36-32(37-24-30)39-8-6-33(7-9-39)21-26(22-33)31(35)40(25(2)34)29-19-27-4-5-28(20-29)38-27/h1,23-24,26-29,34-35,38H,4-22H2,2H3. The highest BCUT2D eigenvalue weighted by atomic mass is 16.6. The van der Waals surface area contributed by atoms with Gasteiger partial charge in [-0.05, 0) is 63.7 Å². The van der Waals surface area contributed by atoms with Crippen LogP contribution in [-0.4, -0.2) is 117 Å². The summed E-state index contributed by atoms with van der Waals surface area (Å²) in [6.07, 6.45) is 17.4. The van der Waals surface area contributed by atoms with Crippen LogP contribution in [0.25, 0.3) is 0 Å². The molecule has 248 valence electrons. The van der Waals surface area contributed by atoms with Crippen LogP contribution >= 0.6 is 0 Å². The Balaban J connectivity index is 0.926. The van der Waals surface area contributed by atoms with E-state index in [4.69, 9.17) is 40.9 Å². The van der Waals surface area contributed by atoms with Gasteiger partial charge in [-0.1, -0.05) is 5.92 Å². The van der Waals surface area contributed by atoms with Crippen molar-refractivity contribution in [2.45, 2.75) is 76.4 Å². The molecule has 4 fully saturated rings. The number of piperidine rings is 2. The molecule has 1 spiro atoms. The number of fused-ring (bicyclic) bond motifs is 2. The van der Waals surface area contributed by atoms with Crippen molar-refractivity contribution >= 4 is 17.6 Å². The van der Waals surface area contributed by atoms with Crippen LogP contribution in [0.5, 0.6) is 5.75 Å². The normalized spacial score (nSPS) is 23.8. The van der Waals surface area contributed by atoms with Crippen LogP contribution in [0, 0.1) is 34.5 Å². The van der Waals surface area contributed by atoms with E-state index in [0.29, 0.717) is 100 Å². The fraction of sp³-hybridized carbons (Fsp3) is 0.758. The summed E-state index contributed by atoms with van der Waals surface area (Å²) in [4.78, 5) is 13.5.